The van der Waals surface area contributed by atoms with Gasteiger partial charge in [-0.2, -0.15) is 9.77 Å². The summed E-state index contributed by atoms with van der Waals surface area (Å²) in [6.45, 7) is 4.03. The van der Waals surface area contributed by atoms with Crippen molar-refractivity contribution in [3.63, 3.8) is 0 Å². The second kappa shape index (κ2) is 8.38. The van der Waals surface area contributed by atoms with Crippen molar-refractivity contribution in [3.05, 3.63) is 80.5 Å². The van der Waals surface area contributed by atoms with Gasteiger partial charge in [0.1, 0.15) is 5.52 Å². The van der Waals surface area contributed by atoms with E-state index in [2.05, 4.69) is 25.6 Å². The van der Waals surface area contributed by atoms with Crippen LogP contribution >= 0.6 is 0 Å². The maximum atomic E-state index is 13.3. The number of nitro benzene ring substituents is 1. The second-order valence-electron chi connectivity index (χ2n) is 7.56. The van der Waals surface area contributed by atoms with E-state index in [1.807, 2.05) is 13.8 Å². The molecule has 0 saturated heterocycles. The van der Waals surface area contributed by atoms with E-state index in [1.54, 1.807) is 18.2 Å². The Morgan fingerprint density at radius 1 is 1.25 bits per heavy atom. The minimum Gasteiger partial charge on any atom is -0.279 e. The van der Waals surface area contributed by atoms with Crippen LogP contribution in [0, 0.1) is 16.0 Å². The van der Waals surface area contributed by atoms with Gasteiger partial charge in [-0.1, -0.05) is 26.0 Å². The summed E-state index contributed by atoms with van der Waals surface area (Å²) >= 11 is 0. The highest BCUT2D eigenvalue weighted by Gasteiger charge is 2.21. The number of hydrogen-bond acceptors (Lipinski definition) is 7. The number of pyridine rings is 1. The molecule has 0 spiro atoms. The summed E-state index contributed by atoms with van der Waals surface area (Å²) in [6, 6.07) is 8.83. The van der Waals surface area contributed by atoms with Crippen LogP contribution in [-0.2, 0) is 6.42 Å². The van der Waals surface area contributed by atoms with E-state index in [4.69, 9.17) is 0 Å². The van der Waals surface area contributed by atoms with Gasteiger partial charge in [0.25, 0.3) is 11.6 Å². The Labute approximate surface area is 181 Å². The summed E-state index contributed by atoms with van der Waals surface area (Å²) in [6.07, 6.45) is 3.48. The first-order chi connectivity index (χ1) is 15.3. The van der Waals surface area contributed by atoms with Gasteiger partial charge in [0, 0.05) is 30.1 Å². The number of fused-ring (bicyclic) bond motifs is 1. The smallest absolute Gasteiger partial charge is 0.279 e. The fraction of sp³-hybridized carbons (Fsp3) is 0.190. The number of nitrogens with one attached hydrogen (secondary N) is 2. The fourth-order valence-electron chi connectivity index (χ4n) is 3.27. The standard InChI is InChI=1S/C21H19N7O4/c1-12(2)9-16-17-18(25-24-16)21(30)27(26-20(29)14-6-4-8-22-11-14)19(23-17)13-5-3-7-15(10-13)28(31)32/h3-8,10-12H,9H2,1-2H3,(H,24,25)(H,26,29). The van der Waals surface area contributed by atoms with Crippen molar-refractivity contribution in [2.24, 2.45) is 5.92 Å². The van der Waals surface area contributed by atoms with E-state index in [-0.39, 0.29) is 28.5 Å². The minimum atomic E-state index is -0.611. The highest BCUT2D eigenvalue weighted by atomic mass is 16.6. The quantitative estimate of drug-likeness (QED) is 0.351. The molecule has 11 heteroatoms. The van der Waals surface area contributed by atoms with Crippen molar-refractivity contribution in [2.45, 2.75) is 20.3 Å². The first-order valence-electron chi connectivity index (χ1n) is 9.81. The number of carbonyl (C=O) groups is 1. The van der Waals surface area contributed by atoms with Crippen LogP contribution in [0.5, 0.6) is 0 Å². The van der Waals surface area contributed by atoms with Crippen LogP contribution in [0.25, 0.3) is 22.4 Å². The van der Waals surface area contributed by atoms with Crippen molar-refractivity contribution in [1.29, 1.82) is 0 Å². The van der Waals surface area contributed by atoms with Crippen LogP contribution in [0.1, 0.15) is 29.9 Å². The molecule has 0 aliphatic heterocycles. The number of aromatic amines is 1. The molecule has 0 radical (unpaired) electrons. The molecule has 1 amide bonds. The zero-order chi connectivity index (χ0) is 22.8. The second-order valence-corrected chi connectivity index (χ2v) is 7.56. The Kier molecular flexibility index (Phi) is 5.46. The largest absolute Gasteiger partial charge is 0.301 e. The number of non-ortho nitro benzene ring substituents is 1. The monoisotopic (exact) mass is 433 g/mol. The van der Waals surface area contributed by atoms with E-state index in [1.165, 1.54) is 30.6 Å². The molecule has 0 unspecified atom stereocenters. The predicted molar refractivity (Wildman–Crippen MR) is 117 cm³/mol. The fourth-order valence-corrected chi connectivity index (χ4v) is 3.27. The van der Waals surface area contributed by atoms with Crippen LogP contribution in [0.15, 0.2) is 53.6 Å². The lowest BCUT2D eigenvalue weighted by atomic mass is 10.1. The summed E-state index contributed by atoms with van der Waals surface area (Å²) in [5, 5.41) is 18.2. The van der Waals surface area contributed by atoms with Gasteiger partial charge in [-0.25, -0.2) is 4.98 Å². The third kappa shape index (κ3) is 3.95. The van der Waals surface area contributed by atoms with Crippen LogP contribution in [0.2, 0.25) is 0 Å². The van der Waals surface area contributed by atoms with Crippen LogP contribution < -0.4 is 11.0 Å². The number of benzene rings is 1. The number of amides is 1. The van der Waals surface area contributed by atoms with Crippen molar-refractivity contribution in [3.8, 4) is 11.4 Å². The Hall–Kier alpha value is -4.41. The lowest BCUT2D eigenvalue weighted by molar-refractivity contribution is -0.384. The number of carbonyl (C=O) groups excluding carboxylic acids is 1. The van der Waals surface area contributed by atoms with Crippen molar-refractivity contribution in [1.82, 2.24) is 24.8 Å². The topological polar surface area (TPSA) is 149 Å². The normalized spacial score (nSPS) is 11.1. The van der Waals surface area contributed by atoms with Gasteiger partial charge in [0.05, 0.1) is 16.2 Å². The van der Waals surface area contributed by atoms with Crippen LogP contribution in [0.4, 0.5) is 5.69 Å². The molecule has 3 aromatic heterocycles. The molecule has 0 saturated carbocycles. The average molecular weight is 433 g/mol. The van der Waals surface area contributed by atoms with Gasteiger partial charge in [0.2, 0.25) is 0 Å². The maximum absolute atomic E-state index is 13.3. The first-order valence-corrected chi connectivity index (χ1v) is 9.81. The maximum Gasteiger partial charge on any atom is 0.301 e. The van der Waals surface area contributed by atoms with Crippen molar-refractivity contribution < 1.29 is 9.72 Å². The molecule has 0 atom stereocenters. The third-order valence-electron chi connectivity index (χ3n) is 4.71. The van der Waals surface area contributed by atoms with E-state index < -0.39 is 16.4 Å². The zero-order valence-corrected chi connectivity index (χ0v) is 17.3. The number of rotatable bonds is 6. The predicted octanol–water partition coefficient (Wildman–Crippen LogP) is 2.67. The Bertz CT molecular complexity index is 1380. The molecular formula is C21H19N7O4. The molecule has 0 bridgehead atoms. The van der Waals surface area contributed by atoms with Crippen LogP contribution in [0.3, 0.4) is 0 Å². The van der Waals surface area contributed by atoms with E-state index in [0.717, 1.165) is 4.68 Å². The molecule has 0 aliphatic rings. The summed E-state index contributed by atoms with van der Waals surface area (Å²) in [7, 11) is 0. The number of H-pyrrole nitrogens is 1. The Morgan fingerprint density at radius 2 is 2.06 bits per heavy atom. The molecular weight excluding hydrogens is 414 g/mol. The van der Waals surface area contributed by atoms with Gasteiger partial charge in [0.15, 0.2) is 11.3 Å². The molecule has 11 nitrogen and oxygen atoms in total. The van der Waals surface area contributed by atoms with Crippen LogP contribution in [-0.4, -0.2) is 35.7 Å². The molecule has 4 aromatic rings. The van der Waals surface area contributed by atoms with Crippen molar-refractivity contribution >= 4 is 22.6 Å². The third-order valence-corrected chi connectivity index (χ3v) is 4.71. The van der Waals surface area contributed by atoms with Gasteiger partial charge in [-0.15, -0.1) is 0 Å². The lowest BCUT2D eigenvalue weighted by Gasteiger charge is -2.13. The Balaban J connectivity index is 1.92. The molecule has 0 fully saturated rings. The Morgan fingerprint density at radius 3 is 2.75 bits per heavy atom. The number of nitro groups is 1. The summed E-state index contributed by atoms with van der Waals surface area (Å²) in [5.41, 5.74) is 3.35. The average Bonchev–Trinajstić information content (AvgIpc) is 3.18. The number of hydrogen-bond donors (Lipinski definition) is 2. The number of aromatic nitrogens is 5. The zero-order valence-electron chi connectivity index (χ0n) is 17.3. The summed E-state index contributed by atoms with van der Waals surface area (Å²) in [5.74, 6) is -0.268. The lowest BCUT2D eigenvalue weighted by Crippen LogP contribution is -2.35. The van der Waals surface area contributed by atoms with Gasteiger partial charge < -0.3 is 0 Å². The first kappa shape index (κ1) is 20.8. The molecule has 4 rings (SSSR count). The van der Waals surface area contributed by atoms with Gasteiger partial charge in [-0.05, 0) is 24.5 Å². The highest BCUT2D eigenvalue weighted by molar-refractivity contribution is 6.00. The van der Waals surface area contributed by atoms with Crippen molar-refractivity contribution in [2.75, 3.05) is 5.43 Å². The summed E-state index contributed by atoms with van der Waals surface area (Å²) in [4.78, 5) is 45.2. The van der Waals surface area contributed by atoms with Gasteiger partial charge in [-0.3, -0.25) is 35.2 Å². The highest BCUT2D eigenvalue weighted by Crippen LogP contribution is 2.24. The molecule has 162 valence electrons. The molecule has 2 N–H and O–H groups in total. The SMILES string of the molecule is CC(C)Cc1[nH]nc2c(=O)n(NC(=O)c3cccnc3)c(-c3cccc([N+](=O)[O-])c3)nc12. The number of nitrogens with zero attached hydrogens (tertiary/aromatic N) is 5. The van der Waals surface area contributed by atoms with E-state index >= 15 is 0 Å². The van der Waals surface area contributed by atoms with E-state index in [9.17, 15) is 19.7 Å². The van der Waals surface area contributed by atoms with Gasteiger partial charge >= 0.3 is 5.56 Å². The van der Waals surface area contributed by atoms with E-state index in [0.29, 0.717) is 23.2 Å². The molecule has 0 aliphatic carbocycles. The molecule has 3 heterocycles. The molecule has 32 heavy (non-hydrogen) atoms. The minimum absolute atomic E-state index is 0.0508. The summed E-state index contributed by atoms with van der Waals surface area (Å²) < 4.78 is 0.955. The molecule has 1 aromatic carbocycles.